The lowest BCUT2D eigenvalue weighted by molar-refractivity contribution is 0.0728. The van der Waals surface area contributed by atoms with Crippen molar-refractivity contribution in [3.63, 3.8) is 0 Å². The van der Waals surface area contributed by atoms with E-state index in [9.17, 15) is 14.4 Å². The SMILES string of the molecule is CCOC(=O)N1CCc2c(sc3c2C(=O)N[C@H](c2ccc(OC(=O)c4ccc(C)cc4)c(OCC)c2)N3)C1. The number of fused-ring (bicyclic) bond motifs is 3. The van der Waals surface area contributed by atoms with E-state index in [2.05, 4.69) is 10.6 Å². The highest BCUT2D eigenvalue weighted by Gasteiger charge is 2.34. The third-order valence-corrected chi connectivity index (χ3v) is 7.60. The van der Waals surface area contributed by atoms with Crippen molar-refractivity contribution in [1.29, 1.82) is 0 Å². The predicted molar refractivity (Wildman–Crippen MR) is 143 cm³/mol. The average molecular weight is 536 g/mol. The van der Waals surface area contributed by atoms with Crippen LogP contribution in [0.4, 0.5) is 9.80 Å². The minimum atomic E-state index is -0.502. The van der Waals surface area contributed by atoms with Gasteiger partial charge in [0.1, 0.15) is 11.2 Å². The zero-order chi connectivity index (χ0) is 26.8. The molecule has 9 nitrogen and oxygen atoms in total. The molecular weight excluding hydrogens is 506 g/mol. The molecule has 0 saturated carbocycles. The van der Waals surface area contributed by atoms with Gasteiger partial charge >= 0.3 is 12.1 Å². The van der Waals surface area contributed by atoms with E-state index in [1.165, 1.54) is 11.3 Å². The fourth-order valence-corrected chi connectivity index (χ4v) is 5.85. The maximum Gasteiger partial charge on any atom is 0.410 e. The Bertz CT molecular complexity index is 1380. The van der Waals surface area contributed by atoms with Gasteiger partial charge in [0.2, 0.25) is 0 Å². The number of benzene rings is 2. The number of esters is 1. The van der Waals surface area contributed by atoms with Gasteiger partial charge in [0, 0.05) is 11.4 Å². The van der Waals surface area contributed by atoms with Gasteiger partial charge in [0.05, 0.1) is 30.9 Å². The summed E-state index contributed by atoms with van der Waals surface area (Å²) in [5, 5.41) is 7.21. The number of anilines is 1. The molecule has 1 aromatic heterocycles. The number of rotatable bonds is 6. The van der Waals surface area contributed by atoms with Crippen molar-refractivity contribution in [2.75, 3.05) is 25.1 Å². The molecular formula is C28H29N3O6S. The van der Waals surface area contributed by atoms with E-state index < -0.39 is 12.1 Å². The summed E-state index contributed by atoms with van der Waals surface area (Å²) in [7, 11) is 0. The Hall–Kier alpha value is -4.05. The van der Waals surface area contributed by atoms with Gasteiger partial charge in [0.15, 0.2) is 11.5 Å². The second-order valence-electron chi connectivity index (χ2n) is 9.02. The van der Waals surface area contributed by atoms with E-state index in [1.807, 2.05) is 26.0 Å². The van der Waals surface area contributed by atoms with Gasteiger partial charge in [0.25, 0.3) is 5.91 Å². The van der Waals surface area contributed by atoms with Crippen LogP contribution in [0, 0.1) is 6.92 Å². The number of nitrogens with one attached hydrogen (secondary N) is 2. The maximum atomic E-state index is 13.2. The van der Waals surface area contributed by atoms with Crippen LogP contribution in [0.15, 0.2) is 42.5 Å². The van der Waals surface area contributed by atoms with Crippen LogP contribution in [-0.4, -0.2) is 42.6 Å². The lowest BCUT2D eigenvalue weighted by atomic mass is 10.0. The number of nitrogens with zero attached hydrogens (tertiary/aromatic N) is 1. The third kappa shape index (κ3) is 5.04. The number of carbonyl (C=O) groups excluding carboxylic acids is 3. The summed E-state index contributed by atoms with van der Waals surface area (Å²) < 4.78 is 16.6. The van der Waals surface area contributed by atoms with E-state index in [4.69, 9.17) is 14.2 Å². The number of amides is 2. The van der Waals surface area contributed by atoms with Crippen molar-refractivity contribution in [1.82, 2.24) is 10.2 Å². The Morgan fingerprint density at radius 3 is 2.58 bits per heavy atom. The molecule has 3 aromatic rings. The molecule has 0 saturated heterocycles. The summed E-state index contributed by atoms with van der Waals surface area (Å²) in [6.07, 6.45) is -0.251. The summed E-state index contributed by atoms with van der Waals surface area (Å²) in [6.45, 7) is 7.20. The number of aryl methyl sites for hydroxylation is 1. The van der Waals surface area contributed by atoms with Crippen molar-refractivity contribution in [2.45, 2.75) is 39.9 Å². The Labute approximate surface area is 224 Å². The van der Waals surface area contributed by atoms with E-state index in [1.54, 1.807) is 42.2 Å². The zero-order valence-corrected chi connectivity index (χ0v) is 22.3. The maximum absolute atomic E-state index is 13.2. The second kappa shape index (κ2) is 10.7. The minimum Gasteiger partial charge on any atom is -0.490 e. The summed E-state index contributed by atoms with van der Waals surface area (Å²) in [6, 6.07) is 12.4. The highest BCUT2D eigenvalue weighted by atomic mass is 32.1. The first-order chi connectivity index (χ1) is 18.4. The molecule has 0 aliphatic carbocycles. The van der Waals surface area contributed by atoms with Crippen molar-refractivity contribution in [2.24, 2.45) is 0 Å². The lowest BCUT2D eigenvalue weighted by Gasteiger charge is -2.28. The smallest absolute Gasteiger partial charge is 0.410 e. The third-order valence-electron chi connectivity index (χ3n) is 6.45. The first kappa shape index (κ1) is 25.6. The summed E-state index contributed by atoms with van der Waals surface area (Å²) in [5.74, 6) is 0.0599. The fraction of sp³-hybridized carbons (Fsp3) is 0.321. The molecule has 198 valence electrons. The molecule has 0 unspecified atom stereocenters. The van der Waals surface area contributed by atoms with Gasteiger partial charge in [-0.2, -0.15) is 0 Å². The van der Waals surface area contributed by atoms with E-state index in [0.717, 1.165) is 26.6 Å². The normalized spacial score (nSPS) is 16.0. The minimum absolute atomic E-state index is 0.168. The number of thiophene rings is 1. The Kier molecular flexibility index (Phi) is 7.24. The van der Waals surface area contributed by atoms with Gasteiger partial charge in [-0.25, -0.2) is 9.59 Å². The molecule has 2 amide bonds. The second-order valence-corrected chi connectivity index (χ2v) is 10.1. The number of ether oxygens (including phenoxy) is 3. The molecule has 2 aliphatic rings. The molecule has 2 aliphatic heterocycles. The van der Waals surface area contributed by atoms with Crippen LogP contribution in [-0.2, 0) is 17.7 Å². The lowest BCUT2D eigenvalue weighted by Crippen LogP contribution is -2.39. The molecule has 0 radical (unpaired) electrons. The van der Waals surface area contributed by atoms with Crippen LogP contribution in [0.1, 0.15) is 62.3 Å². The van der Waals surface area contributed by atoms with E-state index in [-0.39, 0.29) is 12.0 Å². The van der Waals surface area contributed by atoms with Crippen LogP contribution in [0.3, 0.4) is 0 Å². The number of carbonyl (C=O) groups is 3. The summed E-state index contributed by atoms with van der Waals surface area (Å²) in [4.78, 5) is 40.7. The molecule has 38 heavy (non-hydrogen) atoms. The molecule has 2 N–H and O–H groups in total. The Morgan fingerprint density at radius 1 is 1.05 bits per heavy atom. The number of hydrogen-bond donors (Lipinski definition) is 2. The molecule has 0 spiro atoms. The summed E-state index contributed by atoms with van der Waals surface area (Å²) in [5.41, 5.74) is 3.86. The van der Waals surface area contributed by atoms with Crippen LogP contribution in [0.5, 0.6) is 11.5 Å². The van der Waals surface area contributed by atoms with Crippen LogP contribution >= 0.6 is 11.3 Å². The van der Waals surface area contributed by atoms with Crippen LogP contribution in [0.25, 0.3) is 0 Å². The van der Waals surface area contributed by atoms with Crippen molar-refractivity contribution >= 4 is 34.3 Å². The van der Waals surface area contributed by atoms with Crippen LogP contribution in [0.2, 0.25) is 0 Å². The van der Waals surface area contributed by atoms with Crippen LogP contribution < -0.4 is 20.1 Å². The predicted octanol–water partition coefficient (Wildman–Crippen LogP) is 5.04. The molecule has 2 aromatic carbocycles. The Morgan fingerprint density at radius 2 is 1.84 bits per heavy atom. The molecule has 3 heterocycles. The highest BCUT2D eigenvalue weighted by Crippen LogP contribution is 2.41. The molecule has 0 bridgehead atoms. The van der Waals surface area contributed by atoms with Gasteiger partial charge < -0.3 is 29.7 Å². The first-order valence-corrected chi connectivity index (χ1v) is 13.4. The number of hydrogen-bond acceptors (Lipinski definition) is 8. The zero-order valence-electron chi connectivity index (χ0n) is 21.5. The summed E-state index contributed by atoms with van der Waals surface area (Å²) >= 11 is 1.48. The molecule has 10 heteroatoms. The quantitative estimate of drug-likeness (QED) is 0.336. The van der Waals surface area contributed by atoms with Gasteiger partial charge in [-0.15, -0.1) is 11.3 Å². The largest absolute Gasteiger partial charge is 0.490 e. The fourth-order valence-electron chi connectivity index (χ4n) is 4.56. The first-order valence-electron chi connectivity index (χ1n) is 12.6. The highest BCUT2D eigenvalue weighted by molar-refractivity contribution is 7.16. The van der Waals surface area contributed by atoms with Crippen molar-refractivity contribution in [3.05, 3.63) is 75.2 Å². The van der Waals surface area contributed by atoms with Gasteiger partial charge in [-0.05, 0) is 62.6 Å². The average Bonchev–Trinajstić information content (AvgIpc) is 3.28. The standard InChI is InChI=1S/C28H29N3O6S/c1-4-35-21-14-18(10-11-20(21)37-27(33)17-8-6-16(3)7-9-17)24-29-25(32)23-19-12-13-31(28(34)36-5-2)15-22(19)38-26(23)30-24/h6-11,14,24,30H,4-5,12-13,15H2,1-3H3,(H,29,32)/t24-/m0/s1. The van der Waals surface area contributed by atoms with Gasteiger partial charge in [-0.1, -0.05) is 23.8 Å². The topological polar surface area (TPSA) is 106 Å². The van der Waals surface area contributed by atoms with E-state index >= 15 is 0 Å². The molecule has 0 fully saturated rings. The Balaban J connectivity index is 1.36. The molecule has 1 atom stereocenters. The van der Waals surface area contributed by atoms with Gasteiger partial charge in [-0.3, -0.25) is 4.79 Å². The monoisotopic (exact) mass is 535 g/mol. The molecule has 5 rings (SSSR count). The van der Waals surface area contributed by atoms with E-state index in [0.29, 0.717) is 55.4 Å². The van der Waals surface area contributed by atoms with Crippen molar-refractivity contribution < 1.29 is 28.6 Å². The van der Waals surface area contributed by atoms with Crippen molar-refractivity contribution in [3.8, 4) is 11.5 Å².